The summed E-state index contributed by atoms with van der Waals surface area (Å²) in [5.41, 5.74) is 5.01. The molecule has 0 atom stereocenters. The van der Waals surface area contributed by atoms with Gasteiger partial charge in [0.25, 0.3) is 11.9 Å². The first kappa shape index (κ1) is 16.7. The molecule has 114 valence electrons. The summed E-state index contributed by atoms with van der Waals surface area (Å²) in [5.74, 6) is -1.10. The number of carbonyl (C=O) groups excluding carboxylic acids is 3. The zero-order chi connectivity index (χ0) is 15.9. The van der Waals surface area contributed by atoms with Gasteiger partial charge in [-0.25, -0.2) is 4.79 Å². The minimum atomic E-state index is -3.33. The second-order valence-corrected chi connectivity index (χ2v) is 7.34. The van der Waals surface area contributed by atoms with E-state index in [1.165, 1.54) is 13.8 Å². The van der Waals surface area contributed by atoms with Crippen LogP contribution >= 0.6 is 0 Å². The van der Waals surface area contributed by atoms with E-state index in [1.54, 1.807) is 30.3 Å². The highest BCUT2D eigenvalue weighted by molar-refractivity contribution is 6.83. The lowest BCUT2D eigenvalue weighted by Crippen LogP contribution is -2.57. The predicted molar refractivity (Wildman–Crippen MR) is 77.8 cm³/mol. The molecule has 3 N–H and O–H groups in total. The van der Waals surface area contributed by atoms with E-state index in [9.17, 15) is 14.4 Å². The monoisotopic (exact) mass is 310 g/mol. The first-order valence-corrected chi connectivity index (χ1v) is 8.36. The number of nitrogens with two attached hydrogens (primary N) is 1. The normalized spacial score (nSPS) is 10.6. The lowest BCUT2D eigenvalue weighted by molar-refractivity contribution is -0.138. The molecule has 0 radical (unpaired) electrons. The van der Waals surface area contributed by atoms with Crippen molar-refractivity contribution in [2.24, 2.45) is 5.73 Å². The van der Waals surface area contributed by atoms with E-state index in [2.05, 4.69) is 5.32 Å². The van der Waals surface area contributed by atoms with Crippen molar-refractivity contribution >= 4 is 31.7 Å². The Kier molecular flexibility index (Phi) is 5.91. The molecule has 0 spiro atoms. The fourth-order valence-corrected chi connectivity index (χ4v) is 4.75. The van der Waals surface area contributed by atoms with Crippen molar-refractivity contribution in [1.29, 1.82) is 0 Å². The first-order chi connectivity index (χ1) is 9.85. The maximum absolute atomic E-state index is 11.4. The van der Waals surface area contributed by atoms with Crippen LogP contribution < -0.4 is 16.2 Å². The van der Waals surface area contributed by atoms with Gasteiger partial charge in [0.05, 0.1) is 0 Å². The molecule has 8 heteroatoms. The van der Waals surface area contributed by atoms with E-state index < -0.39 is 26.5 Å². The third kappa shape index (κ3) is 5.26. The molecule has 0 saturated carbocycles. The van der Waals surface area contributed by atoms with Gasteiger partial charge in [0.2, 0.25) is 0 Å². The molecule has 0 aliphatic carbocycles. The fourth-order valence-electron chi connectivity index (χ4n) is 1.89. The van der Waals surface area contributed by atoms with Gasteiger partial charge in [0, 0.05) is 31.6 Å². The van der Waals surface area contributed by atoms with Crippen LogP contribution in [0.3, 0.4) is 0 Å². The highest BCUT2D eigenvalue weighted by Gasteiger charge is 2.46. The van der Waals surface area contributed by atoms with E-state index in [0.717, 1.165) is 0 Å². The molecule has 0 unspecified atom stereocenters. The van der Waals surface area contributed by atoms with Gasteiger partial charge in [-0.3, -0.25) is 9.59 Å². The van der Waals surface area contributed by atoms with Crippen molar-refractivity contribution in [3.05, 3.63) is 30.3 Å². The summed E-state index contributed by atoms with van der Waals surface area (Å²) in [6.45, 7) is 2.63. The van der Waals surface area contributed by atoms with E-state index in [1.807, 2.05) is 0 Å². The zero-order valence-electron chi connectivity index (χ0n) is 11.9. The Morgan fingerprint density at radius 2 is 1.62 bits per heavy atom. The molecule has 1 aromatic rings. The van der Waals surface area contributed by atoms with Crippen molar-refractivity contribution in [2.45, 2.75) is 19.9 Å². The van der Waals surface area contributed by atoms with E-state index in [4.69, 9.17) is 14.6 Å². The molecule has 0 aliphatic heterocycles. The fraction of sp³-hybridized carbons (Fsp3) is 0.308. The van der Waals surface area contributed by atoms with Crippen LogP contribution in [0.2, 0.25) is 6.04 Å². The van der Waals surface area contributed by atoms with Crippen molar-refractivity contribution in [2.75, 3.05) is 6.54 Å². The Labute approximate surface area is 123 Å². The van der Waals surface area contributed by atoms with E-state index in [0.29, 0.717) is 5.19 Å². The molecule has 1 aromatic carbocycles. The van der Waals surface area contributed by atoms with Crippen LogP contribution in [0.5, 0.6) is 0 Å². The van der Waals surface area contributed by atoms with Crippen molar-refractivity contribution < 1.29 is 23.2 Å². The molecule has 0 bridgehead atoms. The summed E-state index contributed by atoms with van der Waals surface area (Å²) in [5, 5.41) is 3.03. The summed E-state index contributed by atoms with van der Waals surface area (Å²) in [4.78, 5) is 33.6. The number of primary amides is 1. The SMILES string of the molecule is CC(=O)O[Si](CCNC(N)=O)(OC(C)=O)c1ccccc1. The van der Waals surface area contributed by atoms with Crippen LogP contribution in [0.15, 0.2) is 30.3 Å². The highest BCUT2D eigenvalue weighted by atomic mass is 28.4. The third-order valence-electron chi connectivity index (χ3n) is 2.58. The van der Waals surface area contributed by atoms with Crippen LogP contribution in [0.1, 0.15) is 13.8 Å². The smallest absolute Gasteiger partial charge is 0.482 e. The first-order valence-electron chi connectivity index (χ1n) is 6.34. The molecule has 0 aromatic heterocycles. The largest absolute Gasteiger partial charge is 0.501 e. The number of urea groups is 1. The van der Waals surface area contributed by atoms with Crippen LogP contribution in [0.25, 0.3) is 0 Å². The number of hydrogen-bond donors (Lipinski definition) is 2. The Bertz CT molecular complexity index is 505. The maximum Gasteiger partial charge on any atom is 0.501 e. The molecule has 1 rings (SSSR count). The summed E-state index contributed by atoms with van der Waals surface area (Å²) < 4.78 is 10.8. The lowest BCUT2D eigenvalue weighted by Gasteiger charge is -2.29. The average molecular weight is 310 g/mol. The third-order valence-corrected chi connectivity index (χ3v) is 5.94. The van der Waals surface area contributed by atoms with Gasteiger partial charge in [0.1, 0.15) is 0 Å². The molecular weight excluding hydrogens is 292 g/mol. The van der Waals surface area contributed by atoms with Gasteiger partial charge in [-0.15, -0.1) is 0 Å². The Balaban J connectivity index is 3.10. The average Bonchev–Trinajstić information content (AvgIpc) is 2.37. The van der Waals surface area contributed by atoms with Crippen LogP contribution in [0, 0.1) is 0 Å². The van der Waals surface area contributed by atoms with E-state index >= 15 is 0 Å². The summed E-state index contributed by atoms with van der Waals surface area (Å²) >= 11 is 0. The predicted octanol–water partition coefficient (Wildman–Crippen LogP) is 0.130. The van der Waals surface area contributed by atoms with Crippen LogP contribution in [-0.2, 0) is 18.4 Å². The topological polar surface area (TPSA) is 108 Å². The minimum absolute atomic E-state index is 0.136. The van der Waals surface area contributed by atoms with E-state index in [-0.39, 0.29) is 12.6 Å². The molecule has 2 amide bonds. The minimum Gasteiger partial charge on any atom is -0.482 e. The number of rotatable bonds is 6. The zero-order valence-corrected chi connectivity index (χ0v) is 12.9. The molecule has 0 heterocycles. The molecular formula is C13H18N2O5Si. The molecule has 7 nitrogen and oxygen atoms in total. The molecule has 0 aliphatic rings. The van der Waals surface area contributed by atoms with Gasteiger partial charge in [-0.2, -0.15) is 0 Å². The number of carbonyl (C=O) groups is 3. The maximum atomic E-state index is 11.4. The van der Waals surface area contributed by atoms with Gasteiger partial charge in [0.15, 0.2) is 0 Å². The number of hydrogen-bond acceptors (Lipinski definition) is 5. The standard InChI is InChI=1S/C13H18N2O5Si/c1-10(16)19-21(20-11(2)17,9-8-15-13(14)18)12-6-4-3-5-7-12/h3-7H,8-9H2,1-2H3,(H3,14,15,18). The molecule has 21 heavy (non-hydrogen) atoms. The number of benzene rings is 1. The van der Waals surface area contributed by atoms with Crippen LogP contribution in [-0.4, -0.2) is 33.1 Å². The van der Waals surface area contributed by atoms with Gasteiger partial charge in [-0.05, 0) is 0 Å². The van der Waals surface area contributed by atoms with Gasteiger partial charge in [-0.1, -0.05) is 30.3 Å². The van der Waals surface area contributed by atoms with Gasteiger partial charge < -0.3 is 19.9 Å². The molecule has 0 saturated heterocycles. The summed E-state index contributed by atoms with van der Waals surface area (Å²) in [6.07, 6.45) is 0. The Morgan fingerprint density at radius 3 is 2.05 bits per heavy atom. The van der Waals surface area contributed by atoms with Crippen molar-refractivity contribution in [3.63, 3.8) is 0 Å². The quantitative estimate of drug-likeness (QED) is 0.726. The number of amides is 2. The second kappa shape index (κ2) is 7.43. The van der Waals surface area contributed by atoms with Crippen molar-refractivity contribution in [1.82, 2.24) is 5.32 Å². The lowest BCUT2D eigenvalue weighted by atomic mass is 10.4. The molecule has 0 fully saturated rings. The second-order valence-electron chi connectivity index (χ2n) is 4.35. The van der Waals surface area contributed by atoms with Crippen molar-refractivity contribution in [3.8, 4) is 0 Å². The summed E-state index contributed by atoms with van der Waals surface area (Å²) in [6, 6.07) is 8.24. The Morgan fingerprint density at radius 1 is 1.10 bits per heavy atom. The summed E-state index contributed by atoms with van der Waals surface area (Å²) in [7, 11) is -3.33. The number of nitrogens with one attached hydrogen (secondary N) is 1. The highest BCUT2D eigenvalue weighted by Crippen LogP contribution is 2.15. The van der Waals surface area contributed by atoms with Crippen LogP contribution in [0.4, 0.5) is 4.79 Å². The Hall–Kier alpha value is -2.35. The van der Waals surface area contributed by atoms with Gasteiger partial charge >= 0.3 is 14.6 Å².